The molecule has 1 heterocycles. The van der Waals surface area contributed by atoms with Crippen molar-refractivity contribution in [3.63, 3.8) is 0 Å². The van der Waals surface area contributed by atoms with Crippen LogP contribution in [-0.4, -0.2) is 29.3 Å². The Kier molecular flexibility index (Phi) is 4.40. The van der Waals surface area contributed by atoms with Crippen LogP contribution in [0.5, 0.6) is 0 Å². The van der Waals surface area contributed by atoms with E-state index in [2.05, 4.69) is 4.98 Å². The molecule has 2 N–H and O–H groups in total. The average Bonchev–Trinajstić information content (AvgIpc) is 2.84. The van der Waals surface area contributed by atoms with Crippen molar-refractivity contribution in [2.75, 3.05) is 7.05 Å². The van der Waals surface area contributed by atoms with E-state index < -0.39 is 15.8 Å². The molecule has 0 spiro atoms. The van der Waals surface area contributed by atoms with E-state index in [1.54, 1.807) is 24.0 Å². The number of aryl methyl sites for hydroxylation is 1. The van der Waals surface area contributed by atoms with E-state index in [1.165, 1.54) is 25.2 Å². The maximum Gasteiger partial charge on any atom is 0.243 e. The molecule has 0 atom stereocenters. The SMILES string of the molecule is CN(Cc1nccn1C)S(=O)(=O)c1cccc(F)c1CN. The van der Waals surface area contributed by atoms with Crippen molar-refractivity contribution in [2.24, 2.45) is 12.8 Å². The molecule has 2 aromatic rings. The Hall–Kier alpha value is -1.77. The van der Waals surface area contributed by atoms with Crippen LogP contribution >= 0.6 is 0 Å². The molecule has 0 fully saturated rings. The van der Waals surface area contributed by atoms with Crippen LogP contribution in [0, 0.1) is 5.82 Å². The number of hydrogen-bond acceptors (Lipinski definition) is 4. The third kappa shape index (κ3) is 2.97. The van der Waals surface area contributed by atoms with Crippen molar-refractivity contribution >= 4 is 10.0 Å². The van der Waals surface area contributed by atoms with Crippen LogP contribution in [0.15, 0.2) is 35.5 Å². The van der Waals surface area contributed by atoms with Crippen LogP contribution < -0.4 is 5.73 Å². The van der Waals surface area contributed by atoms with Crippen LogP contribution in [0.1, 0.15) is 11.4 Å². The first-order valence-corrected chi connectivity index (χ1v) is 7.72. The highest BCUT2D eigenvalue weighted by molar-refractivity contribution is 7.89. The van der Waals surface area contributed by atoms with Gasteiger partial charge in [0.2, 0.25) is 10.0 Å². The Morgan fingerprint density at radius 1 is 1.43 bits per heavy atom. The number of sulfonamides is 1. The van der Waals surface area contributed by atoms with E-state index in [0.717, 1.165) is 4.31 Å². The summed E-state index contributed by atoms with van der Waals surface area (Å²) in [6.07, 6.45) is 3.31. The third-order valence-corrected chi connectivity index (χ3v) is 5.14. The molecule has 0 bridgehead atoms. The highest BCUT2D eigenvalue weighted by Gasteiger charge is 2.26. The zero-order valence-electron chi connectivity index (χ0n) is 11.8. The quantitative estimate of drug-likeness (QED) is 0.887. The molecule has 0 aliphatic rings. The fraction of sp³-hybridized carbons (Fsp3) is 0.308. The van der Waals surface area contributed by atoms with Crippen molar-refractivity contribution in [3.8, 4) is 0 Å². The van der Waals surface area contributed by atoms with E-state index in [4.69, 9.17) is 5.73 Å². The normalized spacial score (nSPS) is 12.0. The fourth-order valence-corrected chi connectivity index (χ4v) is 3.34. The Balaban J connectivity index is 2.38. The largest absolute Gasteiger partial charge is 0.337 e. The molecule has 0 aliphatic heterocycles. The zero-order chi connectivity index (χ0) is 15.6. The minimum absolute atomic E-state index is 0.0100. The minimum Gasteiger partial charge on any atom is -0.337 e. The number of benzene rings is 1. The van der Waals surface area contributed by atoms with E-state index >= 15 is 0 Å². The van der Waals surface area contributed by atoms with Gasteiger partial charge in [-0.25, -0.2) is 17.8 Å². The van der Waals surface area contributed by atoms with Crippen LogP contribution in [0.25, 0.3) is 0 Å². The van der Waals surface area contributed by atoms with E-state index in [-0.39, 0.29) is 23.5 Å². The average molecular weight is 312 g/mol. The lowest BCUT2D eigenvalue weighted by molar-refractivity contribution is 0.449. The summed E-state index contributed by atoms with van der Waals surface area (Å²) in [6.45, 7) is -0.0934. The Morgan fingerprint density at radius 3 is 2.71 bits per heavy atom. The van der Waals surface area contributed by atoms with E-state index in [0.29, 0.717) is 5.82 Å². The molecule has 21 heavy (non-hydrogen) atoms. The first-order chi connectivity index (χ1) is 9.87. The van der Waals surface area contributed by atoms with E-state index in [9.17, 15) is 12.8 Å². The van der Waals surface area contributed by atoms with Crippen LogP contribution in [0.3, 0.4) is 0 Å². The first kappa shape index (κ1) is 15.6. The lowest BCUT2D eigenvalue weighted by Gasteiger charge is -2.19. The molecule has 0 saturated carbocycles. The van der Waals surface area contributed by atoms with Crippen molar-refractivity contribution in [2.45, 2.75) is 18.0 Å². The second-order valence-electron chi connectivity index (χ2n) is 4.64. The fourth-order valence-electron chi connectivity index (χ4n) is 1.98. The molecule has 1 aromatic carbocycles. The lowest BCUT2D eigenvalue weighted by atomic mass is 10.2. The predicted octanol–water partition coefficient (Wildman–Crippen LogP) is 0.839. The van der Waals surface area contributed by atoms with Gasteiger partial charge in [0.15, 0.2) is 0 Å². The number of halogens is 1. The summed E-state index contributed by atoms with van der Waals surface area (Å²) in [5, 5.41) is 0. The van der Waals surface area contributed by atoms with Crippen LogP contribution in [0.2, 0.25) is 0 Å². The zero-order valence-corrected chi connectivity index (χ0v) is 12.6. The summed E-state index contributed by atoms with van der Waals surface area (Å²) in [5.74, 6) is -0.0317. The van der Waals surface area contributed by atoms with Gasteiger partial charge >= 0.3 is 0 Å². The third-order valence-electron chi connectivity index (χ3n) is 3.25. The van der Waals surface area contributed by atoms with Gasteiger partial charge in [0.25, 0.3) is 0 Å². The van der Waals surface area contributed by atoms with Gasteiger partial charge in [0, 0.05) is 38.6 Å². The van der Waals surface area contributed by atoms with Crippen LogP contribution in [0.4, 0.5) is 4.39 Å². The summed E-state index contributed by atoms with van der Waals surface area (Å²) < 4.78 is 41.7. The number of nitrogens with zero attached hydrogens (tertiary/aromatic N) is 3. The maximum atomic E-state index is 13.7. The van der Waals surface area contributed by atoms with Gasteiger partial charge in [-0.1, -0.05) is 6.07 Å². The lowest BCUT2D eigenvalue weighted by Crippen LogP contribution is -2.29. The van der Waals surface area contributed by atoms with Crippen molar-refractivity contribution in [1.29, 1.82) is 0 Å². The van der Waals surface area contributed by atoms with Crippen molar-refractivity contribution in [3.05, 3.63) is 47.8 Å². The topological polar surface area (TPSA) is 81.2 Å². The number of nitrogens with two attached hydrogens (primary N) is 1. The molecule has 0 radical (unpaired) electrons. The summed E-state index contributed by atoms with van der Waals surface area (Å²) in [4.78, 5) is 3.97. The standard InChI is InChI=1S/C13H17FN4O2S/c1-17-7-6-16-13(17)9-18(2)21(19,20)12-5-3-4-11(14)10(12)8-15/h3-7H,8-9,15H2,1-2H3. The van der Waals surface area contributed by atoms with E-state index in [1.807, 2.05) is 0 Å². The van der Waals surface area contributed by atoms with Gasteiger partial charge in [-0.15, -0.1) is 0 Å². The summed E-state index contributed by atoms with van der Waals surface area (Å²) in [7, 11) is -0.637. The van der Waals surface area contributed by atoms with Gasteiger partial charge in [-0.3, -0.25) is 0 Å². The molecule has 2 rings (SSSR count). The number of hydrogen-bond donors (Lipinski definition) is 1. The second kappa shape index (κ2) is 5.92. The molecule has 1 aromatic heterocycles. The molecule has 0 aliphatic carbocycles. The molecule has 0 unspecified atom stereocenters. The van der Waals surface area contributed by atoms with Crippen molar-refractivity contribution in [1.82, 2.24) is 13.9 Å². The second-order valence-corrected chi connectivity index (χ2v) is 6.65. The van der Waals surface area contributed by atoms with Gasteiger partial charge < -0.3 is 10.3 Å². The minimum atomic E-state index is -3.84. The molecule has 114 valence electrons. The predicted molar refractivity (Wildman–Crippen MR) is 76.2 cm³/mol. The molecule has 6 nitrogen and oxygen atoms in total. The summed E-state index contributed by atoms with van der Waals surface area (Å²) in [5.41, 5.74) is 5.46. The highest BCUT2D eigenvalue weighted by atomic mass is 32.2. The number of aromatic nitrogens is 2. The number of rotatable bonds is 5. The van der Waals surface area contributed by atoms with Gasteiger partial charge in [-0.05, 0) is 12.1 Å². The van der Waals surface area contributed by atoms with Crippen LogP contribution in [-0.2, 0) is 30.2 Å². The Morgan fingerprint density at radius 2 is 2.14 bits per heavy atom. The Labute approximate surface area is 123 Å². The Bertz CT molecular complexity index is 742. The first-order valence-electron chi connectivity index (χ1n) is 6.28. The van der Waals surface area contributed by atoms with Gasteiger partial charge in [0.05, 0.1) is 11.4 Å². The van der Waals surface area contributed by atoms with Gasteiger partial charge in [0.1, 0.15) is 11.6 Å². The van der Waals surface area contributed by atoms with Gasteiger partial charge in [-0.2, -0.15) is 4.31 Å². The molecule has 0 saturated heterocycles. The molecular weight excluding hydrogens is 295 g/mol. The number of imidazole rings is 1. The molecule has 0 amide bonds. The maximum absolute atomic E-state index is 13.7. The molecule has 8 heteroatoms. The summed E-state index contributed by atoms with van der Waals surface area (Å²) >= 11 is 0. The van der Waals surface area contributed by atoms with Crippen molar-refractivity contribution < 1.29 is 12.8 Å². The summed E-state index contributed by atoms with van der Waals surface area (Å²) in [6, 6.07) is 3.91. The smallest absolute Gasteiger partial charge is 0.243 e. The monoisotopic (exact) mass is 312 g/mol. The highest BCUT2D eigenvalue weighted by Crippen LogP contribution is 2.22. The molecular formula is C13H17FN4O2S.